The number of pyridine rings is 1. The lowest BCUT2D eigenvalue weighted by atomic mass is 10.2. The minimum Gasteiger partial charge on any atom is -0.415 e. The minimum absolute atomic E-state index is 0.0649. The summed E-state index contributed by atoms with van der Waals surface area (Å²) in [5.74, 6) is -0.823. The molecule has 3 aromatic rings. The van der Waals surface area contributed by atoms with Crippen molar-refractivity contribution in [1.82, 2.24) is 25.0 Å². The molecule has 1 aromatic carbocycles. The van der Waals surface area contributed by atoms with Crippen LogP contribution in [-0.4, -0.2) is 76.4 Å². The zero-order valence-corrected chi connectivity index (χ0v) is 20.5. The number of benzene rings is 1. The summed E-state index contributed by atoms with van der Waals surface area (Å²) in [5.41, 5.74) is 1.39. The summed E-state index contributed by atoms with van der Waals surface area (Å²) in [6.07, 6.45) is -1.43. The highest BCUT2D eigenvalue weighted by Gasteiger charge is 2.32. The van der Waals surface area contributed by atoms with Gasteiger partial charge >= 0.3 is 12.5 Å². The SMILES string of the molecule is O=C(N1CCN(C2COC2)CC1)N(Cc1ccc(-c2nnc(C(F)F)o2)cn1)c1cc(Cl)ccc1Cl. The van der Waals surface area contributed by atoms with Gasteiger partial charge in [0.25, 0.3) is 5.89 Å². The molecule has 2 amide bonds. The van der Waals surface area contributed by atoms with Crippen LogP contribution in [0.1, 0.15) is 18.0 Å². The number of carbonyl (C=O) groups excluding carboxylic acids is 1. The van der Waals surface area contributed by atoms with Crippen LogP contribution in [0.3, 0.4) is 0 Å². The van der Waals surface area contributed by atoms with E-state index in [-0.39, 0.29) is 18.5 Å². The fraction of sp³-hybridized carbons (Fsp3) is 0.391. The molecule has 0 aliphatic carbocycles. The van der Waals surface area contributed by atoms with Crippen molar-refractivity contribution in [3.8, 4) is 11.5 Å². The standard InChI is InChI=1S/C23H22Cl2F2N6O3/c24-15-2-4-18(25)19(9-15)33(23(34)32-7-5-31(6-8-32)17-12-35-13-17)11-16-3-1-14(10-28-16)21-29-30-22(36-21)20(26)27/h1-4,9-10,17,20H,5-8,11-13H2. The van der Waals surface area contributed by atoms with Crippen molar-refractivity contribution in [1.29, 1.82) is 0 Å². The zero-order valence-electron chi connectivity index (χ0n) is 19.0. The van der Waals surface area contributed by atoms with Crippen molar-refractivity contribution in [2.45, 2.75) is 19.0 Å². The van der Waals surface area contributed by atoms with Gasteiger partial charge in [0.1, 0.15) is 0 Å². The number of halogens is 4. The van der Waals surface area contributed by atoms with Gasteiger partial charge in [-0.25, -0.2) is 4.79 Å². The van der Waals surface area contributed by atoms with Gasteiger partial charge in [0.15, 0.2) is 0 Å². The lowest BCUT2D eigenvalue weighted by Crippen LogP contribution is -2.59. The fourth-order valence-corrected chi connectivity index (χ4v) is 4.46. The van der Waals surface area contributed by atoms with E-state index in [9.17, 15) is 13.6 Å². The van der Waals surface area contributed by atoms with E-state index in [0.29, 0.717) is 46.1 Å². The summed E-state index contributed by atoms with van der Waals surface area (Å²) in [6, 6.07) is 8.41. The molecular weight excluding hydrogens is 517 g/mol. The van der Waals surface area contributed by atoms with Crippen molar-refractivity contribution in [2.75, 3.05) is 44.3 Å². The second kappa shape index (κ2) is 10.6. The molecule has 9 nitrogen and oxygen atoms in total. The lowest BCUT2D eigenvalue weighted by Gasteiger charge is -2.43. The first-order valence-corrected chi connectivity index (χ1v) is 12.0. The molecule has 36 heavy (non-hydrogen) atoms. The maximum absolute atomic E-state index is 13.7. The quantitative estimate of drug-likeness (QED) is 0.455. The largest absolute Gasteiger partial charge is 0.415 e. The fourth-order valence-electron chi connectivity index (χ4n) is 4.08. The second-order valence-electron chi connectivity index (χ2n) is 8.46. The number of hydrogen-bond acceptors (Lipinski definition) is 7. The number of hydrogen-bond donors (Lipinski definition) is 0. The van der Waals surface area contributed by atoms with Gasteiger partial charge in [0, 0.05) is 37.4 Å². The van der Waals surface area contributed by atoms with E-state index in [1.807, 2.05) is 0 Å². The molecular formula is C23H22Cl2F2N6O3. The molecule has 2 fully saturated rings. The van der Waals surface area contributed by atoms with Crippen LogP contribution >= 0.6 is 23.2 Å². The van der Waals surface area contributed by atoms with Gasteiger partial charge in [-0.3, -0.25) is 14.8 Å². The minimum atomic E-state index is -2.86. The first-order valence-electron chi connectivity index (χ1n) is 11.3. The topological polar surface area (TPSA) is 87.8 Å². The van der Waals surface area contributed by atoms with E-state index in [1.54, 1.807) is 40.1 Å². The van der Waals surface area contributed by atoms with Crippen LogP contribution in [0, 0.1) is 0 Å². The van der Waals surface area contributed by atoms with Crippen LogP contribution in [0.25, 0.3) is 11.5 Å². The van der Waals surface area contributed by atoms with E-state index in [1.165, 1.54) is 6.20 Å². The van der Waals surface area contributed by atoms with Crippen molar-refractivity contribution in [3.05, 3.63) is 58.2 Å². The number of rotatable bonds is 6. The molecule has 0 spiro atoms. The molecule has 5 rings (SSSR count). The Kier molecular flexibility index (Phi) is 7.33. The van der Waals surface area contributed by atoms with E-state index in [4.69, 9.17) is 32.4 Å². The number of carbonyl (C=O) groups is 1. The summed E-state index contributed by atoms with van der Waals surface area (Å²) in [7, 11) is 0. The highest BCUT2D eigenvalue weighted by molar-refractivity contribution is 6.35. The normalized spacial score (nSPS) is 16.9. The van der Waals surface area contributed by atoms with E-state index < -0.39 is 12.3 Å². The van der Waals surface area contributed by atoms with Gasteiger partial charge in [-0.1, -0.05) is 23.2 Å². The molecule has 2 aliphatic heterocycles. The van der Waals surface area contributed by atoms with Crippen LogP contribution in [-0.2, 0) is 11.3 Å². The van der Waals surface area contributed by atoms with Gasteiger partial charge < -0.3 is 14.1 Å². The zero-order chi connectivity index (χ0) is 25.2. The summed E-state index contributed by atoms with van der Waals surface area (Å²) in [6.45, 7) is 4.23. The molecule has 13 heteroatoms. The van der Waals surface area contributed by atoms with Crippen LogP contribution in [0.5, 0.6) is 0 Å². The Morgan fingerprint density at radius 2 is 1.89 bits per heavy atom. The number of urea groups is 1. The summed E-state index contributed by atoms with van der Waals surface area (Å²) < 4.78 is 35.8. The first kappa shape index (κ1) is 24.8. The molecule has 0 radical (unpaired) electrons. The number of alkyl halides is 2. The summed E-state index contributed by atoms with van der Waals surface area (Å²) in [4.78, 5) is 23.7. The van der Waals surface area contributed by atoms with Crippen molar-refractivity contribution in [3.63, 3.8) is 0 Å². The van der Waals surface area contributed by atoms with Crippen molar-refractivity contribution in [2.24, 2.45) is 0 Å². The van der Waals surface area contributed by atoms with Gasteiger partial charge in [-0.2, -0.15) is 8.78 Å². The number of aromatic nitrogens is 3. The van der Waals surface area contributed by atoms with Gasteiger partial charge in [-0.05, 0) is 30.3 Å². The maximum atomic E-state index is 13.7. The van der Waals surface area contributed by atoms with Gasteiger partial charge in [-0.15, -0.1) is 10.2 Å². The smallest absolute Gasteiger partial charge is 0.324 e. The van der Waals surface area contributed by atoms with E-state index >= 15 is 0 Å². The third-order valence-electron chi connectivity index (χ3n) is 6.17. The van der Waals surface area contributed by atoms with Crippen LogP contribution in [0.15, 0.2) is 40.9 Å². The monoisotopic (exact) mass is 538 g/mol. The number of ether oxygens (including phenoxy) is 1. The van der Waals surface area contributed by atoms with E-state index in [2.05, 4.69) is 20.1 Å². The molecule has 2 aromatic heterocycles. The van der Waals surface area contributed by atoms with Crippen molar-refractivity contribution < 1.29 is 22.7 Å². The second-order valence-corrected chi connectivity index (χ2v) is 9.31. The Labute approximate surface area is 215 Å². The third-order valence-corrected chi connectivity index (χ3v) is 6.73. The molecule has 4 heterocycles. The van der Waals surface area contributed by atoms with Crippen LogP contribution in [0.2, 0.25) is 10.0 Å². The number of piperazine rings is 1. The number of amides is 2. The Balaban J connectivity index is 1.35. The molecule has 0 N–H and O–H groups in total. The third kappa shape index (κ3) is 5.29. The lowest BCUT2D eigenvalue weighted by molar-refractivity contribution is -0.0738. The molecule has 2 aliphatic rings. The summed E-state index contributed by atoms with van der Waals surface area (Å²) >= 11 is 12.7. The predicted molar refractivity (Wildman–Crippen MR) is 128 cm³/mol. The van der Waals surface area contributed by atoms with Gasteiger partial charge in [0.05, 0.1) is 47.8 Å². The highest BCUT2D eigenvalue weighted by atomic mass is 35.5. The molecule has 190 valence electrons. The Morgan fingerprint density at radius 3 is 2.50 bits per heavy atom. The van der Waals surface area contributed by atoms with Crippen LogP contribution < -0.4 is 4.90 Å². The molecule has 0 atom stereocenters. The Bertz CT molecular complexity index is 1220. The molecule has 0 bridgehead atoms. The first-order chi connectivity index (χ1) is 17.4. The summed E-state index contributed by atoms with van der Waals surface area (Å²) in [5, 5.41) is 7.78. The highest BCUT2D eigenvalue weighted by Crippen LogP contribution is 2.31. The van der Waals surface area contributed by atoms with Crippen molar-refractivity contribution >= 4 is 34.9 Å². The van der Waals surface area contributed by atoms with E-state index in [0.717, 1.165) is 26.3 Å². The molecule has 0 unspecified atom stereocenters. The molecule has 2 saturated heterocycles. The average molecular weight is 539 g/mol. The Hall–Kier alpha value is -2.86. The number of nitrogens with zero attached hydrogens (tertiary/aromatic N) is 6. The average Bonchev–Trinajstić information content (AvgIpc) is 3.34. The maximum Gasteiger partial charge on any atom is 0.324 e. The Morgan fingerprint density at radius 1 is 1.11 bits per heavy atom. The molecule has 0 saturated carbocycles. The number of anilines is 1. The van der Waals surface area contributed by atoms with Crippen LogP contribution in [0.4, 0.5) is 19.3 Å². The van der Waals surface area contributed by atoms with Gasteiger partial charge in [0.2, 0.25) is 5.89 Å². The predicted octanol–water partition coefficient (Wildman–Crippen LogP) is 4.52.